The monoisotopic (exact) mass is 320 g/mol. The number of nitrogens with zero attached hydrogens (tertiary/aromatic N) is 1. The lowest BCUT2D eigenvalue weighted by Crippen LogP contribution is -2.36. The highest BCUT2D eigenvalue weighted by Gasteiger charge is 2.26. The standard InChI is InChI=1S/C19H20N4O/c24-19(22-17-7-4-8-18-16(17)12-20-23-18)21-15-10-9-14(11-15)13-5-2-1-3-6-13/h1-8,12,14-15H,9-11H2,(H,20,23)(H2,21,22,24)/t14-,15-/m1/s1. The average molecular weight is 320 g/mol. The molecule has 24 heavy (non-hydrogen) atoms. The van der Waals surface area contributed by atoms with Gasteiger partial charge in [0.2, 0.25) is 0 Å². The molecule has 0 spiro atoms. The highest BCUT2D eigenvalue weighted by atomic mass is 16.2. The Bertz CT molecular complexity index is 843. The van der Waals surface area contributed by atoms with Crippen LogP contribution in [0.5, 0.6) is 0 Å². The number of amides is 2. The van der Waals surface area contributed by atoms with Crippen molar-refractivity contribution in [2.75, 3.05) is 5.32 Å². The molecule has 2 atom stereocenters. The molecule has 2 aromatic carbocycles. The van der Waals surface area contributed by atoms with Gasteiger partial charge in [-0.05, 0) is 42.9 Å². The minimum atomic E-state index is -0.151. The van der Waals surface area contributed by atoms with Crippen LogP contribution in [0, 0.1) is 0 Å². The molecule has 1 aromatic heterocycles. The summed E-state index contributed by atoms with van der Waals surface area (Å²) in [5, 5.41) is 13.9. The van der Waals surface area contributed by atoms with Crippen LogP contribution in [0.2, 0.25) is 0 Å². The lowest BCUT2D eigenvalue weighted by Gasteiger charge is -2.15. The summed E-state index contributed by atoms with van der Waals surface area (Å²) in [6.45, 7) is 0. The van der Waals surface area contributed by atoms with Crippen LogP contribution in [-0.2, 0) is 0 Å². The molecule has 0 bridgehead atoms. The predicted octanol–water partition coefficient (Wildman–Crippen LogP) is 4.02. The molecule has 0 unspecified atom stereocenters. The highest BCUT2D eigenvalue weighted by molar-refractivity contribution is 6.00. The van der Waals surface area contributed by atoms with Gasteiger partial charge in [-0.25, -0.2) is 4.79 Å². The van der Waals surface area contributed by atoms with Gasteiger partial charge >= 0.3 is 6.03 Å². The van der Waals surface area contributed by atoms with Gasteiger partial charge in [0.25, 0.3) is 0 Å². The Hall–Kier alpha value is -2.82. The molecule has 4 rings (SSSR count). The maximum atomic E-state index is 12.3. The molecular weight excluding hydrogens is 300 g/mol. The van der Waals surface area contributed by atoms with Crippen LogP contribution >= 0.6 is 0 Å². The Balaban J connectivity index is 1.38. The summed E-state index contributed by atoms with van der Waals surface area (Å²) in [6.07, 6.45) is 4.86. The van der Waals surface area contributed by atoms with Gasteiger partial charge in [0.05, 0.1) is 17.4 Å². The number of carbonyl (C=O) groups excluding carboxylic acids is 1. The summed E-state index contributed by atoms with van der Waals surface area (Å²) in [4.78, 5) is 12.3. The van der Waals surface area contributed by atoms with E-state index in [1.807, 2.05) is 24.3 Å². The third-order valence-corrected chi connectivity index (χ3v) is 4.77. The third kappa shape index (κ3) is 2.97. The number of benzene rings is 2. The van der Waals surface area contributed by atoms with Crippen molar-refractivity contribution >= 4 is 22.6 Å². The maximum absolute atomic E-state index is 12.3. The van der Waals surface area contributed by atoms with Crippen molar-refractivity contribution in [2.45, 2.75) is 31.2 Å². The molecule has 1 saturated carbocycles. The molecule has 1 aliphatic carbocycles. The Morgan fingerprint density at radius 2 is 1.96 bits per heavy atom. The third-order valence-electron chi connectivity index (χ3n) is 4.77. The zero-order chi connectivity index (χ0) is 16.4. The van der Waals surface area contributed by atoms with Crippen molar-refractivity contribution in [2.24, 2.45) is 0 Å². The van der Waals surface area contributed by atoms with E-state index in [2.05, 4.69) is 45.1 Å². The summed E-state index contributed by atoms with van der Waals surface area (Å²) < 4.78 is 0. The second kappa shape index (κ2) is 6.35. The van der Waals surface area contributed by atoms with E-state index in [4.69, 9.17) is 0 Å². The largest absolute Gasteiger partial charge is 0.335 e. The zero-order valence-corrected chi connectivity index (χ0v) is 13.3. The first-order valence-corrected chi connectivity index (χ1v) is 8.34. The smallest absolute Gasteiger partial charge is 0.319 e. The van der Waals surface area contributed by atoms with Crippen molar-refractivity contribution in [3.63, 3.8) is 0 Å². The van der Waals surface area contributed by atoms with Gasteiger partial charge in [0, 0.05) is 11.4 Å². The number of fused-ring (bicyclic) bond motifs is 1. The van der Waals surface area contributed by atoms with Gasteiger partial charge in [0.1, 0.15) is 0 Å². The van der Waals surface area contributed by atoms with Gasteiger partial charge in [-0.3, -0.25) is 5.10 Å². The fraction of sp³-hybridized carbons (Fsp3) is 0.263. The van der Waals surface area contributed by atoms with Crippen LogP contribution in [0.15, 0.2) is 54.7 Å². The van der Waals surface area contributed by atoms with Gasteiger partial charge in [-0.15, -0.1) is 0 Å². The van der Waals surface area contributed by atoms with Crippen LogP contribution in [0.1, 0.15) is 30.7 Å². The number of hydrogen-bond acceptors (Lipinski definition) is 2. The van der Waals surface area contributed by atoms with E-state index in [9.17, 15) is 4.79 Å². The van der Waals surface area contributed by atoms with Crippen molar-refractivity contribution in [3.8, 4) is 0 Å². The molecule has 1 heterocycles. The lowest BCUT2D eigenvalue weighted by atomic mass is 9.98. The van der Waals surface area contributed by atoms with Crippen LogP contribution in [0.25, 0.3) is 10.9 Å². The first-order valence-electron chi connectivity index (χ1n) is 8.34. The Morgan fingerprint density at radius 1 is 1.08 bits per heavy atom. The number of aromatic amines is 1. The van der Waals surface area contributed by atoms with Crippen molar-refractivity contribution in [3.05, 3.63) is 60.3 Å². The minimum absolute atomic E-state index is 0.151. The van der Waals surface area contributed by atoms with E-state index in [1.165, 1.54) is 5.56 Å². The molecule has 0 radical (unpaired) electrons. The van der Waals surface area contributed by atoms with Crippen molar-refractivity contribution in [1.82, 2.24) is 15.5 Å². The zero-order valence-electron chi connectivity index (χ0n) is 13.3. The number of urea groups is 1. The lowest BCUT2D eigenvalue weighted by molar-refractivity contribution is 0.248. The summed E-state index contributed by atoms with van der Waals surface area (Å²) in [5.74, 6) is 0.536. The minimum Gasteiger partial charge on any atom is -0.335 e. The number of nitrogens with one attached hydrogen (secondary N) is 3. The molecule has 5 heteroatoms. The molecule has 0 saturated heterocycles. The first kappa shape index (κ1) is 14.8. The Kier molecular flexibility index (Phi) is 3.91. The number of hydrogen-bond donors (Lipinski definition) is 3. The first-order chi connectivity index (χ1) is 11.8. The molecule has 3 aromatic rings. The number of aromatic nitrogens is 2. The highest BCUT2D eigenvalue weighted by Crippen LogP contribution is 2.34. The van der Waals surface area contributed by atoms with Gasteiger partial charge in [-0.2, -0.15) is 5.10 Å². The molecule has 2 amide bonds. The number of rotatable bonds is 3. The van der Waals surface area contributed by atoms with E-state index in [0.717, 1.165) is 35.9 Å². The predicted molar refractivity (Wildman–Crippen MR) is 95.1 cm³/mol. The van der Waals surface area contributed by atoms with E-state index in [0.29, 0.717) is 5.92 Å². The summed E-state index contributed by atoms with van der Waals surface area (Å²) in [6, 6.07) is 16.3. The van der Waals surface area contributed by atoms with E-state index < -0.39 is 0 Å². The van der Waals surface area contributed by atoms with E-state index in [-0.39, 0.29) is 12.1 Å². The van der Waals surface area contributed by atoms with Crippen LogP contribution in [0.4, 0.5) is 10.5 Å². The fourth-order valence-electron chi connectivity index (χ4n) is 3.56. The summed E-state index contributed by atoms with van der Waals surface area (Å²) in [5.41, 5.74) is 3.06. The van der Waals surface area contributed by atoms with Crippen LogP contribution in [0.3, 0.4) is 0 Å². The number of H-pyrrole nitrogens is 1. The Morgan fingerprint density at radius 3 is 2.83 bits per heavy atom. The maximum Gasteiger partial charge on any atom is 0.319 e. The quantitative estimate of drug-likeness (QED) is 0.682. The van der Waals surface area contributed by atoms with Crippen LogP contribution < -0.4 is 10.6 Å². The van der Waals surface area contributed by atoms with Gasteiger partial charge in [-0.1, -0.05) is 36.4 Å². The topological polar surface area (TPSA) is 69.8 Å². The fourth-order valence-corrected chi connectivity index (χ4v) is 3.56. The van der Waals surface area contributed by atoms with Crippen molar-refractivity contribution < 1.29 is 4.79 Å². The normalized spacial score (nSPS) is 20.2. The molecule has 1 aliphatic rings. The number of carbonyl (C=O) groups is 1. The van der Waals surface area contributed by atoms with E-state index >= 15 is 0 Å². The average Bonchev–Trinajstić information content (AvgIpc) is 3.25. The van der Waals surface area contributed by atoms with Crippen molar-refractivity contribution in [1.29, 1.82) is 0 Å². The SMILES string of the molecule is O=C(Nc1cccc2[nH]ncc12)N[C@@H]1CC[C@@H](c2ccccc2)C1. The molecule has 1 fully saturated rings. The second-order valence-corrected chi connectivity index (χ2v) is 6.35. The van der Waals surface area contributed by atoms with E-state index in [1.54, 1.807) is 6.20 Å². The molecule has 0 aliphatic heterocycles. The molecule has 3 N–H and O–H groups in total. The van der Waals surface area contributed by atoms with Crippen LogP contribution in [-0.4, -0.2) is 22.3 Å². The van der Waals surface area contributed by atoms with Gasteiger partial charge in [0.15, 0.2) is 0 Å². The molecule has 5 nitrogen and oxygen atoms in total. The van der Waals surface area contributed by atoms with Gasteiger partial charge < -0.3 is 10.6 Å². The number of anilines is 1. The molecule has 122 valence electrons. The Labute approximate surface area is 140 Å². The summed E-state index contributed by atoms with van der Waals surface area (Å²) >= 11 is 0. The molecular formula is C19H20N4O. The summed E-state index contributed by atoms with van der Waals surface area (Å²) in [7, 11) is 0. The second-order valence-electron chi connectivity index (χ2n) is 6.35.